The van der Waals surface area contributed by atoms with Crippen LogP contribution in [0, 0.1) is 23.8 Å². The van der Waals surface area contributed by atoms with E-state index >= 15 is 0 Å². The number of allylic oxidation sites excluding steroid dienone is 4. The molecule has 1 atom stereocenters. The Balaban J connectivity index is 2.59. The molecule has 1 aromatic carbocycles. The fourth-order valence-electron chi connectivity index (χ4n) is 2.65. The zero-order valence-electron chi connectivity index (χ0n) is 10.6. The highest BCUT2D eigenvalue weighted by Crippen LogP contribution is 2.43. The van der Waals surface area contributed by atoms with Crippen LogP contribution in [0.4, 0.5) is 0 Å². The molecule has 1 unspecified atom stereocenters. The Bertz CT molecular complexity index is 591. The molecular weight excluding hydrogens is 220 g/mol. The largest absolute Gasteiger partial charge is 0.265 e. The highest BCUT2D eigenvalue weighted by Gasteiger charge is 2.26. The van der Waals surface area contributed by atoms with Crippen molar-refractivity contribution in [3.63, 3.8) is 0 Å². The number of hydrogen-bond acceptors (Lipinski definition) is 1. The highest BCUT2D eigenvalue weighted by atomic mass is 14.7. The van der Waals surface area contributed by atoms with E-state index in [4.69, 9.17) is 11.8 Å². The Morgan fingerprint density at radius 3 is 2.61 bits per heavy atom. The fraction of sp³-hybridized carbons (Fsp3) is 0.250. The van der Waals surface area contributed by atoms with Crippen LogP contribution in [0.2, 0.25) is 0 Å². The Morgan fingerprint density at radius 2 is 2.06 bits per heavy atom. The van der Waals surface area contributed by atoms with Crippen LogP contribution in [0.25, 0.3) is 10.4 Å². The van der Waals surface area contributed by atoms with Crippen molar-refractivity contribution in [1.29, 1.82) is 5.26 Å². The van der Waals surface area contributed by atoms with Gasteiger partial charge in [-0.15, -0.1) is 0 Å². The summed E-state index contributed by atoms with van der Waals surface area (Å²) in [4.78, 5) is 3.34. The maximum absolute atomic E-state index is 9.00. The third kappa shape index (κ3) is 1.94. The monoisotopic (exact) mass is 234 g/mol. The van der Waals surface area contributed by atoms with Crippen LogP contribution in [0.5, 0.6) is 0 Å². The molecule has 1 aromatic rings. The molecule has 0 fully saturated rings. The summed E-state index contributed by atoms with van der Waals surface area (Å²) in [6.07, 6.45) is 0.793. The maximum atomic E-state index is 9.00. The van der Waals surface area contributed by atoms with Crippen LogP contribution < -0.4 is 0 Å². The van der Waals surface area contributed by atoms with E-state index in [9.17, 15) is 0 Å². The first kappa shape index (κ1) is 12.1. The first-order valence-corrected chi connectivity index (χ1v) is 5.96. The van der Waals surface area contributed by atoms with Gasteiger partial charge in [-0.1, -0.05) is 42.8 Å². The molecule has 2 heteroatoms. The number of benzene rings is 1. The molecule has 0 radical (unpaired) electrons. The molecule has 88 valence electrons. The van der Waals surface area contributed by atoms with Gasteiger partial charge >= 0.3 is 0 Å². The van der Waals surface area contributed by atoms with Crippen LogP contribution in [-0.4, -0.2) is 0 Å². The molecule has 1 aliphatic carbocycles. The number of nitrogens with zero attached hydrogens (tertiary/aromatic N) is 2. The summed E-state index contributed by atoms with van der Waals surface area (Å²) >= 11 is 0. The average Bonchev–Trinajstić information content (AvgIpc) is 2.68. The quantitative estimate of drug-likeness (QED) is 0.528. The summed E-state index contributed by atoms with van der Waals surface area (Å²) in [5, 5.41) is 9.00. The third-order valence-electron chi connectivity index (χ3n) is 3.45. The Hall–Kier alpha value is -2.32. The van der Waals surface area contributed by atoms with E-state index < -0.39 is 0 Å². The lowest BCUT2D eigenvalue weighted by Crippen LogP contribution is -1.92. The van der Waals surface area contributed by atoms with Gasteiger partial charge in [-0.05, 0) is 36.0 Å². The standard InChI is InChI=1S/C16H14N2/c1-11-9-14(15(10-17)18-3)12(2)16(11)13-7-5-4-6-8-13/h4-8,11H,9H2,1-2H3/b15-14+. The topological polar surface area (TPSA) is 28.1 Å². The van der Waals surface area contributed by atoms with Gasteiger partial charge in [0.05, 0.1) is 12.6 Å². The van der Waals surface area contributed by atoms with Crippen LogP contribution in [0.15, 0.2) is 47.2 Å². The second-order valence-electron chi connectivity index (χ2n) is 4.56. The smallest absolute Gasteiger partial charge is 0.226 e. The van der Waals surface area contributed by atoms with Crippen LogP contribution >= 0.6 is 0 Å². The molecule has 1 aliphatic rings. The van der Waals surface area contributed by atoms with E-state index in [1.807, 2.05) is 31.2 Å². The van der Waals surface area contributed by atoms with E-state index in [2.05, 4.69) is 23.9 Å². The second kappa shape index (κ2) is 4.90. The molecule has 2 rings (SSSR count). The SMILES string of the molecule is [C-]#[N+]/C(C#N)=C1\CC(C)C(c2ccccc2)=C1C. The molecule has 0 bridgehead atoms. The van der Waals surface area contributed by atoms with Crippen LogP contribution in [0.1, 0.15) is 25.8 Å². The predicted molar refractivity (Wildman–Crippen MR) is 72.1 cm³/mol. The molecule has 18 heavy (non-hydrogen) atoms. The number of rotatable bonds is 1. The average molecular weight is 234 g/mol. The highest BCUT2D eigenvalue weighted by molar-refractivity contribution is 5.78. The van der Waals surface area contributed by atoms with Crippen molar-refractivity contribution in [2.75, 3.05) is 0 Å². The summed E-state index contributed by atoms with van der Waals surface area (Å²) in [5.41, 5.74) is 4.71. The summed E-state index contributed by atoms with van der Waals surface area (Å²) in [7, 11) is 0. The molecule has 0 aliphatic heterocycles. The number of hydrogen-bond donors (Lipinski definition) is 0. The summed E-state index contributed by atoms with van der Waals surface area (Å²) < 4.78 is 0. The second-order valence-corrected chi connectivity index (χ2v) is 4.56. The van der Waals surface area contributed by atoms with Crippen molar-refractivity contribution in [2.45, 2.75) is 20.3 Å². The first-order chi connectivity index (χ1) is 8.69. The Morgan fingerprint density at radius 1 is 1.39 bits per heavy atom. The fourth-order valence-corrected chi connectivity index (χ4v) is 2.65. The molecule has 0 aromatic heterocycles. The molecule has 0 spiro atoms. The molecule has 0 heterocycles. The van der Waals surface area contributed by atoms with Crippen molar-refractivity contribution in [1.82, 2.24) is 0 Å². The summed E-state index contributed by atoms with van der Waals surface area (Å²) in [6, 6.07) is 12.2. The zero-order valence-corrected chi connectivity index (χ0v) is 10.6. The minimum absolute atomic E-state index is 0.241. The molecule has 0 saturated heterocycles. The van der Waals surface area contributed by atoms with Crippen LogP contribution in [0.3, 0.4) is 0 Å². The van der Waals surface area contributed by atoms with E-state index in [0.29, 0.717) is 5.92 Å². The van der Waals surface area contributed by atoms with Crippen molar-refractivity contribution in [3.8, 4) is 6.07 Å². The van der Waals surface area contributed by atoms with Crippen LogP contribution in [-0.2, 0) is 0 Å². The zero-order chi connectivity index (χ0) is 13.1. The van der Waals surface area contributed by atoms with Gasteiger partial charge in [0.15, 0.2) is 0 Å². The van der Waals surface area contributed by atoms with Crippen molar-refractivity contribution >= 4 is 5.57 Å². The minimum Gasteiger partial charge on any atom is -0.226 e. The lowest BCUT2D eigenvalue weighted by molar-refractivity contribution is 0.774. The Kier molecular flexibility index (Phi) is 3.31. The van der Waals surface area contributed by atoms with E-state index in [-0.39, 0.29) is 5.70 Å². The van der Waals surface area contributed by atoms with Crippen molar-refractivity contribution < 1.29 is 0 Å². The molecule has 2 nitrogen and oxygen atoms in total. The molecule has 0 N–H and O–H groups in total. The van der Waals surface area contributed by atoms with E-state index in [1.54, 1.807) is 0 Å². The predicted octanol–water partition coefficient (Wildman–Crippen LogP) is 4.20. The maximum Gasteiger partial charge on any atom is 0.265 e. The first-order valence-electron chi connectivity index (χ1n) is 5.96. The van der Waals surface area contributed by atoms with Gasteiger partial charge in [0.25, 0.3) is 5.70 Å². The van der Waals surface area contributed by atoms with Gasteiger partial charge in [-0.25, -0.2) is 10.1 Å². The molecule has 0 amide bonds. The van der Waals surface area contributed by atoms with Gasteiger partial charge in [-0.3, -0.25) is 0 Å². The third-order valence-corrected chi connectivity index (χ3v) is 3.45. The van der Waals surface area contributed by atoms with Gasteiger partial charge in [0.2, 0.25) is 0 Å². The van der Waals surface area contributed by atoms with Gasteiger partial charge in [-0.2, -0.15) is 0 Å². The summed E-state index contributed by atoms with van der Waals surface area (Å²) in [5.74, 6) is 0.368. The molecule has 0 saturated carbocycles. The lowest BCUT2D eigenvalue weighted by atomic mass is 9.95. The normalized spacial score (nSPS) is 21.4. The number of nitriles is 1. The summed E-state index contributed by atoms with van der Waals surface area (Å²) in [6.45, 7) is 11.2. The van der Waals surface area contributed by atoms with E-state index in [0.717, 1.165) is 17.6 Å². The minimum atomic E-state index is 0.241. The van der Waals surface area contributed by atoms with Gasteiger partial charge in [0, 0.05) is 0 Å². The van der Waals surface area contributed by atoms with Crippen molar-refractivity contribution in [2.24, 2.45) is 5.92 Å². The van der Waals surface area contributed by atoms with Gasteiger partial charge in [0.1, 0.15) is 0 Å². The van der Waals surface area contributed by atoms with E-state index in [1.165, 1.54) is 11.1 Å². The lowest BCUT2D eigenvalue weighted by Gasteiger charge is -2.09. The van der Waals surface area contributed by atoms with Gasteiger partial charge < -0.3 is 0 Å². The van der Waals surface area contributed by atoms with Crippen molar-refractivity contribution in [3.05, 3.63) is 64.2 Å². The molecular formula is C16H14N2. The Labute approximate surface area is 108 Å².